The highest BCUT2D eigenvalue weighted by molar-refractivity contribution is 8.00. The number of thiophene rings is 1. The maximum absolute atomic E-state index is 12.4. The van der Waals surface area contributed by atoms with Gasteiger partial charge in [-0.3, -0.25) is 14.4 Å². The number of esters is 1. The van der Waals surface area contributed by atoms with Crippen LogP contribution in [0.4, 0.5) is 5.82 Å². The van der Waals surface area contributed by atoms with Crippen molar-refractivity contribution in [2.45, 2.75) is 25.8 Å². The first-order chi connectivity index (χ1) is 13.5. The first-order valence-corrected chi connectivity index (χ1v) is 10.9. The standard InChI is InChI=1S/C18H21N3O5S2/c1-12-8-15(20-26-12)19-16(22)10-27-11-18(24)25-9-17(23)21-6-2-4-13(21)14-5-3-7-28-14/h3,5,7-8,13H,2,4,6,9-11H2,1H3,(H,19,20,22). The third-order valence-corrected chi connectivity index (χ3v) is 6.03. The normalized spacial score (nSPS) is 16.2. The molecule has 28 heavy (non-hydrogen) atoms. The van der Waals surface area contributed by atoms with Gasteiger partial charge in [0.1, 0.15) is 5.76 Å². The van der Waals surface area contributed by atoms with E-state index in [1.165, 1.54) is 0 Å². The Hall–Kier alpha value is -2.33. The van der Waals surface area contributed by atoms with Gasteiger partial charge in [-0.15, -0.1) is 23.1 Å². The molecule has 0 aliphatic carbocycles. The third kappa shape index (κ3) is 5.59. The van der Waals surface area contributed by atoms with Crippen LogP contribution in [0.3, 0.4) is 0 Å². The van der Waals surface area contributed by atoms with Crippen molar-refractivity contribution in [1.82, 2.24) is 10.1 Å². The van der Waals surface area contributed by atoms with E-state index >= 15 is 0 Å². The molecule has 2 aromatic rings. The van der Waals surface area contributed by atoms with Crippen LogP contribution in [-0.4, -0.2) is 52.5 Å². The summed E-state index contributed by atoms with van der Waals surface area (Å²) in [5, 5.41) is 8.22. The van der Waals surface area contributed by atoms with E-state index < -0.39 is 5.97 Å². The van der Waals surface area contributed by atoms with Crippen LogP contribution in [0.5, 0.6) is 0 Å². The lowest BCUT2D eigenvalue weighted by atomic mass is 10.2. The van der Waals surface area contributed by atoms with Crippen LogP contribution in [0.2, 0.25) is 0 Å². The van der Waals surface area contributed by atoms with Gasteiger partial charge in [0.25, 0.3) is 5.91 Å². The molecule has 1 fully saturated rings. The number of hydrogen-bond acceptors (Lipinski definition) is 8. The summed E-state index contributed by atoms with van der Waals surface area (Å²) < 4.78 is 9.93. The molecule has 8 nitrogen and oxygen atoms in total. The molecule has 1 N–H and O–H groups in total. The van der Waals surface area contributed by atoms with E-state index in [4.69, 9.17) is 9.26 Å². The lowest BCUT2D eigenvalue weighted by molar-refractivity contribution is -0.150. The molecule has 0 radical (unpaired) electrons. The molecule has 1 aliphatic heterocycles. The number of rotatable bonds is 8. The second-order valence-corrected chi connectivity index (χ2v) is 8.25. The highest BCUT2D eigenvalue weighted by atomic mass is 32.2. The second kappa shape index (κ2) is 9.74. The van der Waals surface area contributed by atoms with E-state index in [2.05, 4.69) is 10.5 Å². The van der Waals surface area contributed by atoms with Crippen LogP contribution in [0.15, 0.2) is 28.1 Å². The number of aromatic nitrogens is 1. The Morgan fingerprint density at radius 3 is 3.00 bits per heavy atom. The summed E-state index contributed by atoms with van der Waals surface area (Å²) in [6.45, 7) is 2.13. The van der Waals surface area contributed by atoms with Gasteiger partial charge >= 0.3 is 5.97 Å². The van der Waals surface area contributed by atoms with Gasteiger partial charge in [0.15, 0.2) is 12.4 Å². The number of thioether (sulfide) groups is 1. The highest BCUT2D eigenvalue weighted by Gasteiger charge is 2.30. The summed E-state index contributed by atoms with van der Waals surface area (Å²) in [5.74, 6) is -0.00606. The van der Waals surface area contributed by atoms with Crippen molar-refractivity contribution in [3.8, 4) is 0 Å². The Bertz CT molecular complexity index is 821. The van der Waals surface area contributed by atoms with Gasteiger partial charge in [-0.25, -0.2) is 0 Å². The van der Waals surface area contributed by atoms with Crippen molar-refractivity contribution < 1.29 is 23.6 Å². The van der Waals surface area contributed by atoms with Crippen LogP contribution in [0.1, 0.15) is 29.5 Å². The Balaban J connectivity index is 1.34. The second-order valence-electron chi connectivity index (χ2n) is 6.29. The fourth-order valence-electron chi connectivity index (χ4n) is 2.94. The van der Waals surface area contributed by atoms with E-state index in [9.17, 15) is 14.4 Å². The van der Waals surface area contributed by atoms with Crippen molar-refractivity contribution in [2.75, 3.05) is 30.0 Å². The summed E-state index contributed by atoms with van der Waals surface area (Å²) in [5.41, 5.74) is 0. The molecule has 1 aliphatic rings. The minimum Gasteiger partial charge on any atom is -0.455 e. The zero-order valence-corrected chi connectivity index (χ0v) is 17.0. The average Bonchev–Trinajstić information content (AvgIpc) is 3.40. The first-order valence-electron chi connectivity index (χ1n) is 8.82. The molecule has 1 unspecified atom stereocenters. The number of amides is 2. The van der Waals surface area contributed by atoms with Gasteiger partial charge in [0.05, 0.1) is 17.5 Å². The Kier molecular flexibility index (Phi) is 7.10. The van der Waals surface area contributed by atoms with Gasteiger partial charge in [-0.1, -0.05) is 11.2 Å². The van der Waals surface area contributed by atoms with Crippen molar-refractivity contribution in [3.05, 3.63) is 34.2 Å². The predicted molar refractivity (Wildman–Crippen MR) is 106 cm³/mol. The summed E-state index contributed by atoms with van der Waals surface area (Å²) in [7, 11) is 0. The predicted octanol–water partition coefficient (Wildman–Crippen LogP) is 2.62. The maximum Gasteiger partial charge on any atom is 0.316 e. The SMILES string of the molecule is Cc1cc(NC(=O)CSCC(=O)OCC(=O)N2CCCC2c2cccs2)no1. The first kappa shape index (κ1) is 20.4. The number of carbonyl (C=O) groups is 3. The van der Waals surface area contributed by atoms with Crippen molar-refractivity contribution in [1.29, 1.82) is 0 Å². The van der Waals surface area contributed by atoms with Crippen LogP contribution in [0.25, 0.3) is 0 Å². The quantitative estimate of drug-likeness (QED) is 0.651. The van der Waals surface area contributed by atoms with Crippen LogP contribution in [-0.2, 0) is 19.1 Å². The van der Waals surface area contributed by atoms with E-state index in [0.717, 1.165) is 29.5 Å². The summed E-state index contributed by atoms with van der Waals surface area (Å²) >= 11 is 2.74. The van der Waals surface area contributed by atoms with Crippen LogP contribution in [0, 0.1) is 6.92 Å². The maximum atomic E-state index is 12.4. The molecule has 0 aromatic carbocycles. The van der Waals surface area contributed by atoms with E-state index in [-0.39, 0.29) is 36.0 Å². The van der Waals surface area contributed by atoms with Crippen LogP contribution < -0.4 is 5.32 Å². The fourth-order valence-corrected chi connectivity index (χ4v) is 4.42. The minimum atomic E-state index is -0.518. The lowest BCUT2D eigenvalue weighted by Crippen LogP contribution is -2.34. The molecular weight excluding hydrogens is 402 g/mol. The van der Waals surface area contributed by atoms with E-state index in [1.54, 1.807) is 29.2 Å². The molecule has 10 heteroatoms. The molecule has 150 valence electrons. The molecule has 1 atom stereocenters. The van der Waals surface area contributed by atoms with Gasteiger partial charge in [-0.05, 0) is 31.2 Å². The number of aryl methyl sites for hydroxylation is 1. The number of hydrogen-bond donors (Lipinski definition) is 1. The summed E-state index contributed by atoms with van der Waals surface area (Å²) in [6, 6.07) is 5.67. The van der Waals surface area contributed by atoms with Crippen molar-refractivity contribution >= 4 is 46.7 Å². The van der Waals surface area contributed by atoms with Gasteiger partial charge in [0, 0.05) is 17.5 Å². The molecule has 0 spiro atoms. The minimum absolute atomic E-state index is 0.00705. The Labute approximate surface area is 170 Å². The number of carbonyl (C=O) groups excluding carboxylic acids is 3. The zero-order chi connectivity index (χ0) is 19.9. The Morgan fingerprint density at radius 1 is 1.43 bits per heavy atom. The smallest absolute Gasteiger partial charge is 0.316 e. The number of anilines is 1. The zero-order valence-electron chi connectivity index (χ0n) is 15.4. The van der Waals surface area contributed by atoms with Gasteiger partial charge in [-0.2, -0.15) is 0 Å². The Morgan fingerprint density at radius 2 is 2.29 bits per heavy atom. The molecule has 2 aromatic heterocycles. The third-order valence-electron chi connectivity index (χ3n) is 4.15. The topological polar surface area (TPSA) is 102 Å². The molecule has 1 saturated heterocycles. The fraction of sp³-hybridized carbons (Fsp3) is 0.444. The molecular formula is C18H21N3O5S2. The van der Waals surface area contributed by atoms with E-state index in [1.807, 2.05) is 17.5 Å². The van der Waals surface area contributed by atoms with Crippen molar-refractivity contribution in [3.63, 3.8) is 0 Å². The molecule has 0 bridgehead atoms. The number of ether oxygens (including phenoxy) is 1. The number of nitrogens with one attached hydrogen (secondary N) is 1. The molecule has 2 amide bonds. The summed E-state index contributed by atoms with van der Waals surface area (Å²) in [4.78, 5) is 39.0. The average molecular weight is 424 g/mol. The molecule has 3 heterocycles. The van der Waals surface area contributed by atoms with Crippen molar-refractivity contribution in [2.24, 2.45) is 0 Å². The summed E-state index contributed by atoms with van der Waals surface area (Å²) in [6.07, 6.45) is 1.87. The number of likely N-dealkylation sites (tertiary alicyclic amines) is 1. The van der Waals surface area contributed by atoms with E-state index in [0.29, 0.717) is 18.1 Å². The highest BCUT2D eigenvalue weighted by Crippen LogP contribution is 2.34. The van der Waals surface area contributed by atoms with Gasteiger partial charge in [0.2, 0.25) is 5.91 Å². The largest absolute Gasteiger partial charge is 0.455 e. The monoisotopic (exact) mass is 423 g/mol. The van der Waals surface area contributed by atoms with Gasteiger partial charge < -0.3 is 19.5 Å². The molecule has 0 saturated carbocycles. The number of nitrogens with zero attached hydrogens (tertiary/aromatic N) is 2. The molecule has 3 rings (SSSR count). The lowest BCUT2D eigenvalue weighted by Gasteiger charge is -2.23. The van der Waals surface area contributed by atoms with Crippen LogP contribution >= 0.6 is 23.1 Å².